The Morgan fingerprint density at radius 3 is 2.60 bits per heavy atom. The maximum absolute atomic E-state index is 11.6. The second-order valence-corrected chi connectivity index (χ2v) is 4.97. The first kappa shape index (κ1) is 14.4. The minimum atomic E-state index is -0.423. The minimum Gasteiger partial charge on any atom is -0.445 e. The van der Waals surface area contributed by atoms with Gasteiger partial charge in [-0.05, 0) is 25.3 Å². The molecule has 1 aliphatic rings. The summed E-state index contributed by atoms with van der Waals surface area (Å²) in [5, 5.41) is 5.56. The molecule has 0 radical (unpaired) electrons. The van der Waals surface area contributed by atoms with Crippen LogP contribution in [-0.4, -0.2) is 24.6 Å². The van der Waals surface area contributed by atoms with Crippen molar-refractivity contribution in [1.29, 1.82) is 0 Å². The molecule has 1 fully saturated rings. The summed E-state index contributed by atoms with van der Waals surface area (Å²) in [6.45, 7) is 2.80. The number of nitrogens with one attached hydrogen (secondary N) is 2. The average molecular weight is 276 g/mol. The molecule has 0 saturated heterocycles. The predicted molar refractivity (Wildman–Crippen MR) is 75.0 cm³/mol. The molecule has 5 nitrogen and oxygen atoms in total. The van der Waals surface area contributed by atoms with E-state index >= 15 is 0 Å². The lowest BCUT2D eigenvalue weighted by Crippen LogP contribution is -2.49. The van der Waals surface area contributed by atoms with Crippen LogP contribution in [0.2, 0.25) is 0 Å². The van der Waals surface area contributed by atoms with Gasteiger partial charge in [-0.25, -0.2) is 4.79 Å². The highest BCUT2D eigenvalue weighted by molar-refractivity contribution is 5.80. The van der Waals surface area contributed by atoms with Crippen molar-refractivity contribution < 1.29 is 14.3 Å². The van der Waals surface area contributed by atoms with Crippen LogP contribution in [0.5, 0.6) is 0 Å². The van der Waals surface area contributed by atoms with Crippen molar-refractivity contribution >= 4 is 12.0 Å². The standard InChI is InChI=1S/C15H20N2O3/c1-2-16-14(18)12-8-13(9-12)17-15(19)20-10-11-6-4-3-5-7-11/h3-7,12-13H,2,8-10H2,1H3,(H,16,18)(H,17,19). The molecule has 1 saturated carbocycles. The number of hydrogen-bond donors (Lipinski definition) is 2. The van der Waals surface area contributed by atoms with Gasteiger partial charge < -0.3 is 15.4 Å². The number of rotatable bonds is 5. The lowest BCUT2D eigenvalue weighted by atomic mass is 9.79. The average Bonchev–Trinajstić information content (AvgIpc) is 2.41. The molecule has 0 unspecified atom stereocenters. The predicted octanol–water partition coefficient (Wildman–Crippen LogP) is 1.83. The molecule has 1 aliphatic carbocycles. The summed E-state index contributed by atoms with van der Waals surface area (Å²) in [5.41, 5.74) is 0.955. The van der Waals surface area contributed by atoms with Crippen LogP contribution in [0.25, 0.3) is 0 Å². The molecular formula is C15H20N2O3. The Hall–Kier alpha value is -2.04. The Balaban J connectivity index is 1.63. The number of carbonyl (C=O) groups is 2. The number of benzene rings is 1. The second-order valence-electron chi connectivity index (χ2n) is 4.97. The zero-order valence-corrected chi connectivity index (χ0v) is 11.6. The van der Waals surface area contributed by atoms with E-state index in [2.05, 4.69) is 10.6 Å². The molecule has 0 heterocycles. The fraction of sp³-hybridized carbons (Fsp3) is 0.467. The van der Waals surface area contributed by atoms with Crippen LogP contribution < -0.4 is 10.6 Å². The molecule has 2 rings (SSSR count). The normalized spacial score (nSPS) is 20.6. The van der Waals surface area contributed by atoms with E-state index in [0.29, 0.717) is 19.4 Å². The van der Waals surface area contributed by atoms with Crippen LogP contribution in [0.15, 0.2) is 30.3 Å². The highest BCUT2D eigenvalue weighted by Crippen LogP contribution is 2.27. The SMILES string of the molecule is CCNC(=O)C1CC(NC(=O)OCc2ccccc2)C1. The van der Waals surface area contributed by atoms with Gasteiger partial charge in [0.25, 0.3) is 0 Å². The first-order valence-corrected chi connectivity index (χ1v) is 6.94. The molecule has 0 aliphatic heterocycles. The van der Waals surface area contributed by atoms with E-state index in [0.717, 1.165) is 5.56 Å². The zero-order valence-electron chi connectivity index (χ0n) is 11.6. The lowest BCUT2D eigenvalue weighted by Gasteiger charge is -2.34. The van der Waals surface area contributed by atoms with E-state index in [-0.39, 0.29) is 24.5 Å². The van der Waals surface area contributed by atoms with Crippen molar-refractivity contribution in [2.45, 2.75) is 32.4 Å². The molecule has 1 aromatic rings. The van der Waals surface area contributed by atoms with Gasteiger partial charge in [0.15, 0.2) is 0 Å². The number of carbonyl (C=O) groups excluding carboxylic acids is 2. The topological polar surface area (TPSA) is 67.4 Å². The highest BCUT2D eigenvalue weighted by atomic mass is 16.5. The van der Waals surface area contributed by atoms with Crippen molar-refractivity contribution in [3.05, 3.63) is 35.9 Å². The highest BCUT2D eigenvalue weighted by Gasteiger charge is 2.35. The van der Waals surface area contributed by atoms with Gasteiger partial charge in [0.1, 0.15) is 6.61 Å². The van der Waals surface area contributed by atoms with Crippen LogP contribution in [0.4, 0.5) is 4.79 Å². The third kappa shape index (κ3) is 3.98. The van der Waals surface area contributed by atoms with Crippen LogP contribution in [0.3, 0.4) is 0 Å². The van der Waals surface area contributed by atoms with Gasteiger partial charge in [-0.2, -0.15) is 0 Å². The molecule has 20 heavy (non-hydrogen) atoms. The lowest BCUT2D eigenvalue weighted by molar-refractivity contribution is -0.128. The molecule has 108 valence electrons. The monoisotopic (exact) mass is 276 g/mol. The summed E-state index contributed by atoms with van der Waals surface area (Å²) in [5.74, 6) is 0.0950. The number of hydrogen-bond acceptors (Lipinski definition) is 3. The van der Waals surface area contributed by atoms with E-state index in [1.54, 1.807) is 0 Å². The fourth-order valence-electron chi connectivity index (χ4n) is 2.20. The summed E-state index contributed by atoms with van der Waals surface area (Å²) in [7, 11) is 0. The van der Waals surface area contributed by atoms with Gasteiger partial charge in [-0.3, -0.25) is 4.79 Å². The van der Waals surface area contributed by atoms with Gasteiger partial charge in [0.05, 0.1) is 0 Å². The van der Waals surface area contributed by atoms with E-state index in [4.69, 9.17) is 4.74 Å². The van der Waals surface area contributed by atoms with Gasteiger partial charge in [0, 0.05) is 18.5 Å². The van der Waals surface area contributed by atoms with Crippen LogP contribution in [0, 0.1) is 5.92 Å². The maximum atomic E-state index is 11.6. The van der Waals surface area contributed by atoms with Crippen molar-refractivity contribution in [2.24, 2.45) is 5.92 Å². The van der Waals surface area contributed by atoms with Crippen LogP contribution in [0.1, 0.15) is 25.3 Å². The first-order valence-electron chi connectivity index (χ1n) is 6.94. The van der Waals surface area contributed by atoms with Crippen molar-refractivity contribution in [1.82, 2.24) is 10.6 Å². The van der Waals surface area contributed by atoms with Crippen molar-refractivity contribution in [3.8, 4) is 0 Å². The summed E-state index contributed by atoms with van der Waals surface area (Å²) >= 11 is 0. The van der Waals surface area contributed by atoms with Crippen molar-refractivity contribution in [3.63, 3.8) is 0 Å². The molecule has 2 N–H and O–H groups in total. The Kier molecular flexibility index (Phi) is 4.98. The van der Waals surface area contributed by atoms with Crippen LogP contribution >= 0.6 is 0 Å². The maximum Gasteiger partial charge on any atom is 0.407 e. The van der Waals surface area contributed by atoms with E-state index in [1.807, 2.05) is 37.3 Å². The Morgan fingerprint density at radius 2 is 1.95 bits per heavy atom. The zero-order chi connectivity index (χ0) is 14.4. The Labute approximate surface area is 118 Å². The minimum absolute atomic E-state index is 0.0226. The number of amides is 2. The van der Waals surface area contributed by atoms with E-state index in [1.165, 1.54) is 0 Å². The van der Waals surface area contributed by atoms with Crippen LogP contribution in [-0.2, 0) is 16.1 Å². The third-order valence-electron chi connectivity index (χ3n) is 3.39. The molecule has 1 aromatic carbocycles. The van der Waals surface area contributed by atoms with E-state index in [9.17, 15) is 9.59 Å². The van der Waals surface area contributed by atoms with Gasteiger partial charge >= 0.3 is 6.09 Å². The summed E-state index contributed by atoms with van der Waals surface area (Å²) < 4.78 is 5.13. The Morgan fingerprint density at radius 1 is 1.25 bits per heavy atom. The first-order chi connectivity index (χ1) is 9.69. The fourth-order valence-corrected chi connectivity index (χ4v) is 2.20. The molecule has 0 atom stereocenters. The molecular weight excluding hydrogens is 256 g/mol. The summed E-state index contributed by atoms with van der Waals surface area (Å²) in [6.07, 6.45) is 0.951. The quantitative estimate of drug-likeness (QED) is 0.862. The molecule has 5 heteroatoms. The largest absolute Gasteiger partial charge is 0.445 e. The third-order valence-corrected chi connectivity index (χ3v) is 3.39. The Bertz CT molecular complexity index is 455. The van der Waals surface area contributed by atoms with E-state index < -0.39 is 6.09 Å². The van der Waals surface area contributed by atoms with Gasteiger partial charge in [0.2, 0.25) is 5.91 Å². The smallest absolute Gasteiger partial charge is 0.407 e. The molecule has 2 amide bonds. The summed E-state index contributed by atoms with van der Waals surface area (Å²) in [6, 6.07) is 9.58. The second kappa shape index (κ2) is 6.93. The molecule has 0 bridgehead atoms. The summed E-state index contributed by atoms with van der Waals surface area (Å²) in [4.78, 5) is 23.1. The molecule has 0 spiro atoms. The number of ether oxygens (including phenoxy) is 1. The van der Waals surface area contributed by atoms with Gasteiger partial charge in [-0.15, -0.1) is 0 Å². The van der Waals surface area contributed by atoms with Crippen molar-refractivity contribution in [2.75, 3.05) is 6.54 Å². The molecule has 0 aromatic heterocycles. The number of alkyl carbamates (subject to hydrolysis) is 1. The van der Waals surface area contributed by atoms with Gasteiger partial charge in [-0.1, -0.05) is 30.3 Å².